The van der Waals surface area contributed by atoms with Crippen LogP contribution in [0.2, 0.25) is 0 Å². The summed E-state index contributed by atoms with van der Waals surface area (Å²) in [5, 5.41) is 7.91. The van der Waals surface area contributed by atoms with Crippen molar-refractivity contribution >= 4 is 21.1 Å². The molecule has 0 bridgehead atoms. The van der Waals surface area contributed by atoms with E-state index < -0.39 is 10.0 Å². The molecule has 22 heavy (non-hydrogen) atoms. The van der Waals surface area contributed by atoms with Crippen LogP contribution in [0.25, 0.3) is 11.0 Å². The highest BCUT2D eigenvalue weighted by Gasteiger charge is 2.51. The molecule has 0 amide bonds. The molecule has 1 aromatic heterocycles. The number of aryl methyl sites for hydroxylation is 1. The number of rotatable bonds is 2. The maximum Gasteiger partial charge on any atom is 0.243 e. The summed E-state index contributed by atoms with van der Waals surface area (Å²) in [5.41, 5.74) is 7.61. The summed E-state index contributed by atoms with van der Waals surface area (Å²) in [5.74, 6) is 0. The highest BCUT2D eigenvalue weighted by atomic mass is 32.2. The van der Waals surface area contributed by atoms with Crippen molar-refractivity contribution in [2.45, 2.75) is 30.2 Å². The summed E-state index contributed by atoms with van der Waals surface area (Å²) in [6.45, 7) is 0.940. The smallest absolute Gasteiger partial charge is 0.243 e. The van der Waals surface area contributed by atoms with Crippen LogP contribution in [0.3, 0.4) is 0 Å². The third kappa shape index (κ3) is 1.84. The lowest BCUT2D eigenvalue weighted by molar-refractivity contribution is 0.133. The third-order valence-corrected chi connectivity index (χ3v) is 7.06. The molecule has 1 atom stereocenters. The molecule has 1 aromatic carbocycles. The van der Waals surface area contributed by atoms with Gasteiger partial charge in [0.15, 0.2) is 0 Å². The second-order valence-corrected chi connectivity index (χ2v) is 8.42. The van der Waals surface area contributed by atoms with E-state index in [-0.39, 0.29) is 16.4 Å². The molecule has 2 fully saturated rings. The van der Waals surface area contributed by atoms with Gasteiger partial charge < -0.3 is 5.73 Å². The van der Waals surface area contributed by atoms with Gasteiger partial charge in [0.25, 0.3) is 0 Å². The van der Waals surface area contributed by atoms with E-state index in [4.69, 9.17) is 5.73 Å². The molecule has 0 radical (unpaired) electrons. The van der Waals surface area contributed by atoms with Crippen molar-refractivity contribution < 1.29 is 8.42 Å². The third-order valence-electron chi connectivity index (χ3n) is 5.25. The van der Waals surface area contributed by atoms with Gasteiger partial charge in [-0.2, -0.15) is 4.31 Å². The Balaban J connectivity index is 1.70. The van der Waals surface area contributed by atoms with Crippen LogP contribution in [0.15, 0.2) is 23.1 Å². The van der Waals surface area contributed by atoms with Gasteiger partial charge in [-0.15, -0.1) is 5.10 Å². The van der Waals surface area contributed by atoms with Gasteiger partial charge in [-0.05, 0) is 31.0 Å². The van der Waals surface area contributed by atoms with Crippen molar-refractivity contribution in [1.82, 2.24) is 19.3 Å². The van der Waals surface area contributed by atoms with Crippen LogP contribution in [0.1, 0.15) is 19.3 Å². The maximum atomic E-state index is 12.9. The first-order chi connectivity index (χ1) is 10.4. The Morgan fingerprint density at radius 1 is 1.36 bits per heavy atom. The number of hydrogen-bond donors (Lipinski definition) is 1. The lowest BCUT2D eigenvalue weighted by Crippen LogP contribution is -2.45. The quantitative estimate of drug-likeness (QED) is 0.868. The monoisotopic (exact) mass is 321 g/mol. The minimum absolute atomic E-state index is 0.00369. The fourth-order valence-corrected chi connectivity index (χ4v) is 5.20. The first-order valence-corrected chi connectivity index (χ1v) is 8.92. The van der Waals surface area contributed by atoms with Gasteiger partial charge in [0, 0.05) is 31.6 Å². The molecule has 2 aromatic rings. The van der Waals surface area contributed by atoms with E-state index in [0.717, 1.165) is 24.8 Å². The number of hydrogen-bond acceptors (Lipinski definition) is 5. The van der Waals surface area contributed by atoms with Crippen molar-refractivity contribution in [2.24, 2.45) is 18.2 Å². The van der Waals surface area contributed by atoms with Crippen LogP contribution in [-0.4, -0.2) is 46.8 Å². The molecule has 7 nitrogen and oxygen atoms in total. The van der Waals surface area contributed by atoms with Crippen LogP contribution < -0.4 is 5.73 Å². The molecule has 2 aliphatic rings. The maximum absolute atomic E-state index is 12.9. The number of sulfonamides is 1. The normalized spacial score (nSPS) is 24.9. The van der Waals surface area contributed by atoms with Gasteiger partial charge in [0.1, 0.15) is 5.52 Å². The Morgan fingerprint density at radius 3 is 2.77 bits per heavy atom. The van der Waals surface area contributed by atoms with E-state index in [0.29, 0.717) is 18.6 Å². The molecule has 1 aliphatic heterocycles. The van der Waals surface area contributed by atoms with Crippen LogP contribution in [-0.2, 0) is 17.1 Å². The summed E-state index contributed by atoms with van der Waals surface area (Å²) in [6.07, 6.45) is 3.21. The summed E-state index contributed by atoms with van der Waals surface area (Å²) in [7, 11) is -1.74. The van der Waals surface area contributed by atoms with E-state index in [9.17, 15) is 8.42 Å². The number of benzene rings is 1. The Kier molecular flexibility index (Phi) is 2.88. The van der Waals surface area contributed by atoms with E-state index in [2.05, 4.69) is 10.3 Å². The average molecular weight is 321 g/mol. The number of fused-ring (bicyclic) bond motifs is 1. The Labute approximate surface area is 129 Å². The van der Waals surface area contributed by atoms with E-state index in [1.807, 2.05) is 0 Å². The summed E-state index contributed by atoms with van der Waals surface area (Å²) < 4.78 is 28.9. The molecule has 118 valence electrons. The predicted molar refractivity (Wildman–Crippen MR) is 81.5 cm³/mol. The van der Waals surface area contributed by atoms with Gasteiger partial charge in [-0.25, -0.2) is 13.1 Å². The van der Waals surface area contributed by atoms with E-state index in [1.165, 1.54) is 4.31 Å². The zero-order valence-corrected chi connectivity index (χ0v) is 13.3. The van der Waals surface area contributed by atoms with Gasteiger partial charge >= 0.3 is 0 Å². The Bertz CT molecular complexity index is 840. The van der Waals surface area contributed by atoms with Crippen molar-refractivity contribution in [3.05, 3.63) is 18.2 Å². The Morgan fingerprint density at radius 2 is 2.14 bits per heavy atom. The van der Waals surface area contributed by atoms with Gasteiger partial charge in [-0.1, -0.05) is 11.6 Å². The SMILES string of the molecule is Cn1nnc2cc(S(=O)(=O)N3CC(N)C4(CCC4)C3)ccc21. The minimum Gasteiger partial charge on any atom is -0.326 e. The summed E-state index contributed by atoms with van der Waals surface area (Å²) >= 11 is 0. The average Bonchev–Trinajstić information content (AvgIpc) is 2.99. The zero-order valence-electron chi connectivity index (χ0n) is 12.4. The standard InChI is InChI=1S/C14H19N5O2S/c1-18-12-4-3-10(7-11(12)16-17-18)22(20,21)19-8-13(15)14(9-19)5-2-6-14/h3-4,7,13H,2,5-6,8-9,15H2,1H3. The molecule has 1 saturated heterocycles. The van der Waals surface area contributed by atoms with Gasteiger partial charge in [-0.3, -0.25) is 0 Å². The highest BCUT2D eigenvalue weighted by Crippen LogP contribution is 2.48. The molecule has 8 heteroatoms. The van der Waals surface area contributed by atoms with Crippen LogP contribution in [0.4, 0.5) is 0 Å². The fourth-order valence-electron chi connectivity index (χ4n) is 3.62. The van der Waals surface area contributed by atoms with Crippen molar-refractivity contribution in [1.29, 1.82) is 0 Å². The number of nitrogens with zero attached hydrogens (tertiary/aromatic N) is 4. The van der Waals surface area contributed by atoms with Gasteiger partial charge in [0.2, 0.25) is 10.0 Å². The van der Waals surface area contributed by atoms with Crippen molar-refractivity contribution in [3.8, 4) is 0 Å². The molecule has 4 rings (SSSR count). The predicted octanol–water partition coefficient (Wildman–Crippen LogP) is 0.470. The molecule has 2 N–H and O–H groups in total. The van der Waals surface area contributed by atoms with Crippen LogP contribution in [0.5, 0.6) is 0 Å². The number of aromatic nitrogens is 3. The first-order valence-electron chi connectivity index (χ1n) is 7.48. The highest BCUT2D eigenvalue weighted by molar-refractivity contribution is 7.89. The fraction of sp³-hybridized carbons (Fsp3) is 0.571. The molecule has 1 aliphatic carbocycles. The number of nitrogens with two attached hydrogens (primary N) is 1. The first kappa shape index (κ1) is 14.1. The lowest BCUT2D eigenvalue weighted by atomic mass is 9.66. The van der Waals surface area contributed by atoms with Crippen LogP contribution in [0, 0.1) is 5.41 Å². The molecular formula is C14H19N5O2S. The van der Waals surface area contributed by atoms with E-state index in [1.54, 1.807) is 29.9 Å². The molecule has 1 spiro atoms. The molecule has 2 heterocycles. The van der Waals surface area contributed by atoms with E-state index >= 15 is 0 Å². The summed E-state index contributed by atoms with van der Waals surface area (Å²) in [4.78, 5) is 0.268. The second kappa shape index (κ2) is 4.50. The second-order valence-electron chi connectivity index (χ2n) is 6.48. The van der Waals surface area contributed by atoms with Crippen LogP contribution >= 0.6 is 0 Å². The summed E-state index contributed by atoms with van der Waals surface area (Å²) in [6, 6.07) is 4.90. The zero-order chi connectivity index (χ0) is 15.5. The largest absolute Gasteiger partial charge is 0.326 e. The molecule has 1 unspecified atom stereocenters. The van der Waals surface area contributed by atoms with Gasteiger partial charge in [0.05, 0.1) is 10.4 Å². The van der Waals surface area contributed by atoms with Crippen molar-refractivity contribution in [3.63, 3.8) is 0 Å². The topological polar surface area (TPSA) is 94.1 Å². The lowest BCUT2D eigenvalue weighted by Gasteiger charge is -2.41. The molecule has 1 saturated carbocycles. The minimum atomic E-state index is -3.52. The Hall–Kier alpha value is -1.51. The van der Waals surface area contributed by atoms with Crippen molar-refractivity contribution in [2.75, 3.05) is 13.1 Å². The molecular weight excluding hydrogens is 302 g/mol.